The minimum absolute atomic E-state index is 0.0479. The van der Waals surface area contributed by atoms with Crippen molar-refractivity contribution >= 4 is 41.5 Å². The Hall–Kier alpha value is -4.69. The third-order valence-electron chi connectivity index (χ3n) is 7.14. The molecule has 1 aliphatic heterocycles. The lowest BCUT2D eigenvalue weighted by molar-refractivity contribution is -0.151. The second-order valence-electron chi connectivity index (χ2n) is 10.7. The summed E-state index contributed by atoms with van der Waals surface area (Å²) in [5.74, 6) is -5.43. The van der Waals surface area contributed by atoms with Crippen LogP contribution in [0.3, 0.4) is 0 Å². The summed E-state index contributed by atoms with van der Waals surface area (Å²) in [4.78, 5) is 84.7. The van der Waals surface area contributed by atoms with E-state index in [0.717, 1.165) is 9.80 Å². The Morgan fingerprint density at radius 2 is 1.63 bits per heavy atom. The van der Waals surface area contributed by atoms with Crippen LogP contribution in [0.4, 0.5) is 0 Å². The molecule has 2 rings (SSSR count). The number of benzene rings is 1. The van der Waals surface area contributed by atoms with E-state index in [2.05, 4.69) is 20.9 Å². The van der Waals surface area contributed by atoms with Crippen molar-refractivity contribution in [2.75, 3.05) is 27.2 Å². The third-order valence-corrected chi connectivity index (χ3v) is 7.14. The maximum Gasteiger partial charge on any atom is 0.305 e. The molecule has 15 heteroatoms. The average Bonchev–Trinajstić information content (AvgIpc) is 2.95. The van der Waals surface area contributed by atoms with Crippen LogP contribution in [-0.2, 0) is 35.2 Å². The predicted octanol–water partition coefficient (Wildman–Crippen LogP) is -1.83. The fourth-order valence-electron chi connectivity index (χ4n) is 4.59. The molecule has 1 aromatic rings. The van der Waals surface area contributed by atoms with Crippen LogP contribution in [0.1, 0.15) is 38.7 Å². The molecule has 4 atom stereocenters. The van der Waals surface area contributed by atoms with Crippen LogP contribution in [0.2, 0.25) is 0 Å². The highest BCUT2D eigenvalue weighted by Crippen LogP contribution is 2.15. The Bertz CT molecular complexity index is 1200. The van der Waals surface area contributed by atoms with Crippen LogP contribution >= 0.6 is 0 Å². The van der Waals surface area contributed by atoms with Crippen LogP contribution in [0.5, 0.6) is 0 Å². The molecule has 1 aromatic carbocycles. The number of hydrogen-bond acceptors (Lipinski definition) is 7. The highest BCUT2D eigenvalue weighted by molar-refractivity contribution is 5.98. The lowest BCUT2D eigenvalue weighted by atomic mass is 9.99. The summed E-state index contributed by atoms with van der Waals surface area (Å²) < 4.78 is 0. The first-order valence-electron chi connectivity index (χ1n) is 13.9. The first-order valence-corrected chi connectivity index (χ1v) is 13.9. The smallest absolute Gasteiger partial charge is 0.305 e. The van der Waals surface area contributed by atoms with E-state index in [1.165, 1.54) is 14.1 Å². The number of likely N-dealkylation sites (N-methyl/N-ethyl adjacent to an activating group) is 2. The van der Waals surface area contributed by atoms with Crippen LogP contribution in [0, 0.1) is 5.92 Å². The number of hydrogen-bond donors (Lipinski definition) is 6. The van der Waals surface area contributed by atoms with E-state index in [4.69, 9.17) is 11.5 Å². The molecule has 8 N–H and O–H groups in total. The molecule has 0 aromatic heterocycles. The summed E-state index contributed by atoms with van der Waals surface area (Å²) >= 11 is 0. The third kappa shape index (κ3) is 10.3. The largest absolute Gasteiger partial charge is 0.481 e. The lowest BCUT2D eigenvalue weighted by Gasteiger charge is -2.34. The van der Waals surface area contributed by atoms with Crippen molar-refractivity contribution in [1.82, 2.24) is 25.8 Å². The molecule has 15 nitrogen and oxygen atoms in total. The SMILES string of the molecule is CC(C)[C@@H]1NC(=O)[C@@H](Cc2ccccc2)N(C)C(=O)[C@H](CC(=O)O)N(C)C(=O)CNC(=O)[C@H](CCCN=C(N)N)NC1=O. The highest BCUT2D eigenvalue weighted by atomic mass is 16.4. The maximum atomic E-state index is 13.8. The zero-order valence-electron chi connectivity index (χ0n) is 24.9. The summed E-state index contributed by atoms with van der Waals surface area (Å²) in [5.41, 5.74) is 11.4. The highest BCUT2D eigenvalue weighted by Gasteiger charge is 2.38. The summed E-state index contributed by atoms with van der Waals surface area (Å²) in [5, 5.41) is 17.4. The molecule has 43 heavy (non-hydrogen) atoms. The number of aliphatic imine (C=N–C) groups is 1. The standard InChI is InChI=1S/C28H42N8O7/c1-16(2)23-26(42)33-18(11-8-12-31-28(29)30)24(40)32-15-21(37)35(3)20(14-22(38)39)27(43)36(4)19(25(41)34-23)13-17-9-6-5-7-10-17/h5-7,9-10,16,18-20,23H,8,11-15H2,1-4H3,(H,32,40)(H,33,42)(H,34,41)(H,38,39)(H4,29,30,31)/t18-,19+,20-,23-/m0/s1. The number of nitrogens with one attached hydrogen (secondary N) is 3. The molecule has 1 heterocycles. The van der Waals surface area contributed by atoms with Gasteiger partial charge in [0.2, 0.25) is 29.5 Å². The molecule has 0 spiro atoms. The molecule has 236 valence electrons. The summed E-state index contributed by atoms with van der Waals surface area (Å²) in [6, 6.07) is 4.02. The fourth-order valence-corrected chi connectivity index (χ4v) is 4.59. The number of aliphatic carboxylic acids is 1. The number of carboxylic acids is 1. The number of carbonyl (C=O) groups is 6. The van der Waals surface area contributed by atoms with Gasteiger partial charge in [0.05, 0.1) is 13.0 Å². The Balaban J connectivity index is 2.55. The molecule has 1 fully saturated rings. The fraction of sp³-hybridized carbons (Fsp3) is 0.536. The Labute approximate surface area is 250 Å². The van der Waals surface area contributed by atoms with Gasteiger partial charge in [-0.25, -0.2) is 0 Å². The number of carboxylic acid groups (broad SMARTS) is 1. The number of nitrogens with two attached hydrogens (primary N) is 2. The number of guanidine groups is 1. The van der Waals surface area contributed by atoms with Gasteiger partial charge in [0.1, 0.15) is 24.2 Å². The maximum absolute atomic E-state index is 13.8. The van der Waals surface area contributed by atoms with E-state index in [9.17, 15) is 33.9 Å². The van der Waals surface area contributed by atoms with Crippen LogP contribution in [-0.4, -0.2) is 108 Å². The summed E-state index contributed by atoms with van der Waals surface area (Å²) in [7, 11) is 2.60. The van der Waals surface area contributed by atoms with Crippen molar-refractivity contribution in [1.29, 1.82) is 0 Å². The van der Waals surface area contributed by atoms with Gasteiger partial charge in [0.25, 0.3) is 0 Å². The van der Waals surface area contributed by atoms with Gasteiger partial charge in [-0.2, -0.15) is 0 Å². The topological polar surface area (TPSA) is 230 Å². The minimum Gasteiger partial charge on any atom is -0.481 e. The normalized spacial score (nSPS) is 22.7. The Morgan fingerprint density at radius 1 is 0.977 bits per heavy atom. The van der Waals surface area contributed by atoms with E-state index in [-0.39, 0.29) is 25.3 Å². The zero-order chi connectivity index (χ0) is 32.3. The molecule has 0 unspecified atom stereocenters. The number of rotatable bonds is 9. The molecular weight excluding hydrogens is 560 g/mol. The van der Waals surface area contributed by atoms with Gasteiger partial charge in [-0.05, 0) is 24.3 Å². The molecular formula is C28H42N8O7. The van der Waals surface area contributed by atoms with Crippen LogP contribution in [0.15, 0.2) is 35.3 Å². The average molecular weight is 603 g/mol. The van der Waals surface area contributed by atoms with Crippen molar-refractivity contribution in [2.24, 2.45) is 22.4 Å². The molecule has 0 aliphatic carbocycles. The summed E-state index contributed by atoms with van der Waals surface area (Å²) in [6.45, 7) is 3.04. The van der Waals surface area contributed by atoms with Crippen LogP contribution < -0.4 is 27.4 Å². The zero-order valence-corrected chi connectivity index (χ0v) is 24.9. The monoisotopic (exact) mass is 602 g/mol. The molecule has 1 saturated heterocycles. The second kappa shape index (κ2) is 16.1. The van der Waals surface area contributed by atoms with Crippen molar-refractivity contribution in [3.63, 3.8) is 0 Å². The Kier molecular flexibility index (Phi) is 12.9. The van der Waals surface area contributed by atoms with Crippen molar-refractivity contribution in [3.8, 4) is 0 Å². The molecule has 5 amide bonds. The molecule has 1 aliphatic rings. The van der Waals surface area contributed by atoms with Gasteiger partial charge in [0, 0.05) is 27.1 Å². The van der Waals surface area contributed by atoms with E-state index >= 15 is 0 Å². The first-order chi connectivity index (χ1) is 20.2. The molecule has 0 saturated carbocycles. The van der Waals surface area contributed by atoms with Crippen molar-refractivity contribution in [2.45, 2.75) is 63.7 Å². The van der Waals surface area contributed by atoms with E-state index in [0.29, 0.717) is 12.0 Å². The van der Waals surface area contributed by atoms with Crippen LogP contribution in [0.25, 0.3) is 0 Å². The van der Waals surface area contributed by atoms with Gasteiger partial charge in [-0.15, -0.1) is 0 Å². The predicted molar refractivity (Wildman–Crippen MR) is 157 cm³/mol. The van der Waals surface area contributed by atoms with Gasteiger partial charge >= 0.3 is 5.97 Å². The van der Waals surface area contributed by atoms with Gasteiger partial charge in [-0.1, -0.05) is 44.2 Å². The van der Waals surface area contributed by atoms with E-state index in [1.54, 1.807) is 44.2 Å². The Morgan fingerprint density at radius 3 is 2.21 bits per heavy atom. The number of carbonyl (C=O) groups excluding carboxylic acids is 5. The number of amides is 5. The quantitative estimate of drug-likeness (QED) is 0.106. The first kappa shape index (κ1) is 34.5. The van der Waals surface area contributed by atoms with E-state index in [1.807, 2.05) is 0 Å². The molecule has 0 bridgehead atoms. The van der Waals surface area contributed by atoms with Crippen molar-refractivity contribution in [3.05, 3.63) is 35.9 Å². The second-order valence-corrected chi connectivity index (χ2v) is 10.7. The van der Waals surface area contributed by atoms with Gasteiger partial charge < -0.3 is 42.3 Å². The van der Waals surface area contributed by atoms with Gasteiger partial charge in [-0.3, -0.25) is 33.8 Å². The molecule has 0 radical (unpaired) electrons. The van der Waals surface area contributed by atoms with E-state index < -0.39 is 78.6 Å². The van der Waals surface area contributed by atoms with Crippen molar-refractivity contribution < 1.29 is 33.9 Å². The minimum atomic E-state index is -1.47. The number of nitrogens with zero attached hydrogens (tertiary/aromatic N) is 3. The lowest BCUT2D eigenvalue weighted by Crippen LogP contribution is -2.59. The summed E-state index contributed by atoms with van der Waals surface area (Å²) in [6.07, 6.45) is -0.272. The van der Waals surface area contributed by atoms with Gasteiger partial charge in [0.15, 0.2) is 5.96 Å².